The van der Waals surface area contributed by atoms with Crippen molar-refractivity contribution in [3.05, 3.63) is 111 Å². The highest BCUT2D eigenvalue weighted by Crippen LogP contribution is 2.46. The molecule has 8 rings (SSSR count). The number of amides is 4. The molecule has 1 saturated heterocycles. The summed E-state index contributed by atoms with van der Waals surface area (Å²) in [4.78, 5) is 124. The number of aliphatic carboxylic acids is 2. The number of anilines is 3. The van der Waals surface area contributed by atoms with E-state index in [1.165, 1.54) is 42.6 Å². The van der Waals surface area contributed by atoms with Gasteiger partial charge in [0.05, 0.1) is 40.3 Å². The van der Waals surface area contributed by atoms with Crippen molar-refractivity contribution in [2.24, 2.45) is 0 Å². The molecule has 1 aliphatic carbocycles. The van der Waals surface area contributed by atoms with Crippen LogP contribution >= 0.6 is 11.8 Å². The number of hydrogen-bond donors (Lipinski definition) is 13. The Morgan fingerprint density at radius 3 is 2.24 bits per heavy atom. The van der Waals surface area contributed by atoms with E-state index in [0.717, 1.165) is 43.2 Å². The number of nitrogen functional groups attached to an aromatic ring is 2. The Morgan fingerprint density at radius 2 is 1.58 bits per heavy atom. The Hall–Kier alpha value is -9.45. The molecule has 15 N–H and O–H groups in total. The van der Waals surface area contributed by atoms with Crippen LogP contribution in [0.5, 0.6) is 0 Å². The normalized spacial score (nSPS) is 14.7. The van der Waals surface area contributed by atoms with E-state index in [2.05, 4.69) is 41.4 Å². The highest BCUT2D eigenvalue weighted by Gasteiger charge is 2.45. The molecule has 4 heterocycles. The zero-order valence-corrected chi connectivity index (χ0v) is 47.2. The van der Waals surface area contributed by atoms with Gasteiger partial charge in [-0.15, -0.1) is 11.8 Å². The number of carboxylic acids is 3. The van der Waals surface area contributed by atoms with Gasteiger partial charge in [0.25, 0.3) is 31.7 Å². The number of hydroxylamine groups is 1. The second kappa shape index (κ2) is 25.8. The molecule has 2 aliphatic heterocycles. The Labute approximate surface area is 489 Å². The zero-order chi connectivity index (χ0) is 62.5. The number of likely N-dealkylation sites (tertiary alicyclic amines) is 1. The number of benzene rings is 4. The smallest absolute Gasteiger partial charge is 0.336 e. The SMILES string of the molecule is CCCCCNOC(c1ccc(-c2c3ccc(=N)c(S(=O)(=O)O)c-3oc3c(S(=O)(=O)O)c(N)ccc23)c(C(=O)O)c1)N1C(=O)CC(SCC(NC(=O)CCC(NC(=O)c2ccc(NCc3cnc4nc(N)[nH]c(=O)c4n3)cc2)C(=O)O)C(=O)O)C1=O. The number of imide groups is 1. The molecular formula is C52H52N12O19S3. The number of rotatable bonds is 26. The number of thioether (sulfide) groups is 1. The van der Waals surface area contributed by atoms with Crippen LogP contribution in [-0.4, -0.2) is 137 Å². The summed E-state index contributed by atoms with van der Waals surface area (Å²) in [7, 11) is -10.6. The number of nitrogens with zero attached hydrogens (tertiary/aromatic N) is 4. The number of nitrogens with two attached hydrogens (primary N) is 2. The van der Waals surface area contributed by atoms with E-state index >= 15 is 0 Å². The van der Waals surface area contributed by atoms with E-state index in [1.807, 2.05) is 6.92 Å². The van der Waals surface area contributed by atoms with Crippen LogP contribution in [0, 0.1) is 5.41 Å². The lowest BCUT2D eigenvalue weighted by Crippen LogP contribution is -2.45. The Balaban J connectivity index is 0.964. The maximum atomic E-state index is 14.3. The molecule has 0 spiro atoms. The molecule has 3 aliphatic rings. The quantitative estimate of drug-likeness (QED) is 0.00925. The van der Waals surface area contributed by atoms with E-state index in [-0.39, 0.29) is 63.4 Å². The van der Waals surface area contributed by atoms with Crippen LogP contribution in [0.4, 0.5) is 17.3 Å². The summed E-state index contributed by atoms with van der Waals surface area (Å²) < 4.78 is 77.1. The fourth-order valence-corrected chi connectivity index (χ4v) is 11.8. The van der Waals surface area contributed by atoms with Crippen LogP contribution in [0.1, 0.15) is 83.6 Å². The summed E-state index contributed by atoms with van der Waals surface area (Å²) in [6, 6.07) is 10.2. The van der Waals surface area contributed by atoms with E-state index in [9.17, 15) is 79.6 Å². The number of aromatic nitrogens is 4. The van der Waals surface area contributed by atoms with Gasteiger partial charge in [-0.05, 0) is 73.0 Å². The Morgan fingerprint density at radius 1 is 0.884 bits per heavy atom. The lowest BCUT2D eigenvalue weighted by atomic mass is 9.89. The number of carbonyl (C=O) groups is 7. The molecule has 2 aromatic heterocycles. The van der Waals surface area contributed by atoms with E-state index < -0.39 is 154 Å². The first-order valence-corrected chi connectivity index (χ1v) is 29.6. The highest BCUT2D eigenvalue weighted by molar-refractivity contribution is 8.00. The van der Waals surface area contributed by atoms with Gasteiger partial charge < -0.3 is 47.2 Å². The van der Waals surface area contributed by atoms with Gasteiger partial charge in [0, 0.05) is 58.5 Å². The third kappa shape index (κ3) is 13.9. The van der Waals surface area contributed by atoms with Gasteiger partial charge in [0.15, 0.2) is 38.5 Å². The van der Waals surface area contributed by atoms with Gasteiger partial charge in [-0.2, -0.15) is 27.3 Å². The standard InChI is InChI=1S/C52H52N12O19S3/c1-2-3-4-17-58-83-48(24-7-10-27(30(18-24)49(70)71)38-28-11-13-31(53)42(85(76,77)78)40(28)82-41-29(38)12-14-32(54)43(41)86(79,80)81)64-37(66)19-35(47(64)69)84-22-34(51(74)75)60-36(65)16-15-33(50(72)73)61-45(67)23-5-8-25(9-6-23)56-20-26-21-57-44-39(59-26)46(68)63-52(55)62-44/h5-14,18,21,33-35,48,53,56,58H,2-4,15-17,19-20,22,54H2,1H3,(H,60,65)(H,61,67)(H,70,71)(H,72,73)(H,74,75)(H,76,77,78)(H,79,80,81)(H3,55,57,62,63,68). The minimum absolute atomic E-state index is 0.0275. The predicted molar refractivity (Wildman–Crippen MR) is 303 cm³/mol. The van der Waals surface area contributed by atoms with Crippen LogP contribution in [0.2, 0.25) is 0 Å². The number of H-pyrrole nitrogens is 1. The maximum Gasteiger partial charge on any atom is 0.336 e. The van der Waals surface area contributed by atoms with Gasteiger partial charge in [-0.25, -0.2) is 29.3 Å². The van der Waals surface area contributed by atoms with Crippen LogP contribution in [0.3, 0.4) is 0 Å². The summed E-state index contributed by atoms with van der Waals surface area (Å²) >= 11 is 0.672. The Kier molecular flexibility index (Phi) is 18.8. The summed E-state index contributed by atoms with van der Waals surface area (Å²) in [5.41, 5.74) is 11.5. The number of carboxylic acid groups (broad SMARTS) is 3. The lowest BCUT2D eigenvalue weighted by molar-refractivity contribution is -0.163. The second-order valence-electron chi connectivity index (χ2n) is 19.2. The summed E-state index contributed by atoms with van der Waals surface area (Å²) in [6.45, 7) is 2.20. The fourth-order valence-electron chi connectivity index (χ4n) is 9.18. The number of carbonyl (C=O) groups excluding carboxylic acids is 4. The molecule has 86 heavy (non-hydrogen) atoms. The molecular weight excluding hydrogens is 1190 g/mol. The van der Waals surface area contributed by atoms with E-state index in [0.29, 0.717) is 34.5 Å². The number of hydrogen-bond acceptors (Lipinski definition) is 23. The van der Waals surface area contributed by atoms with Crippen molar-refractivity contribution in [1.82, 2.24) is 40.9 Å². The molecule has 34 heteroatoms. The van der Waals surface area contributed by atoms with Crippen molar-refractivity contribution >= 4 is 113 Å². The molecule has 0 radical (unpaired) electrons. The molecule has 452 valence electrons. The average Bonchev–Trinajstić information content (AvgIpc) is 0.869. The first kappa shape index (κ1) is 62.6. The number of fused-ring (bicyclic) bond motifs is 3. The van der Waals surface area contributed by atoms with Crippen molar-refractivity contribution < 1.29 is 84.1 Å². The molecule has 4 unspecified atom stereocenters. The Bertz CT molecular complexity index is 4220. The molecule has 4 amide bonds. The van der Waals surface area contributed by atoms with Crippen molar-refractivity contribution in [3.63, 3.8) is 0 Å². The van der Waals surface area contributed by atoms with Gasteiger partial charge >= 0.3 is 17.9 Å². The van der Waals surface area contributed by atoms with Crippen molar-refractivity contribution in [1.29, 1.82) is 5.41 Å². The number of nitrogens with one attached hydrogen (secondary N) is 6. The van der Waals surface area contributed by atoms with Crippen LogP contribution < -0.4 is 43.8 Å². The summed E-state index contributed by atoms with van der Waals surface area (Å²) in [5.74, 6) is -9.78. The van der Waals surface area contributed by atoms with Crippen molar-refractivity contribution in [2.45, 2.75) is 85.3 Å². The summed E-state index contributed by atoms with van der Waals surface area (Å²) in [6.07, 6.45) is 0.0697. The molecule has 3 aromatic carbocycles. The third-order valence-corrected chi connectivity index (χ3v) is 16.4. The number of aromatic carboxylic acids is 1. The number of aromatic amines is 1. The molecule has 0 bridgehead atoms. The molecule has 1 fully saturated rings. The molecule has 4 atom stereocenters. The van der Waals surface area contributed by atoms with Gasteiger partial charge in [0.2, 0.25) is 23.7 Å². The maximum absolute atomic E-state index is 14.3. The number of unbranched alkanes of at least 4 members (excludes halogenated alkanes) is 2. The lowest BCUT2D eigenvalue weighted by Gasteiger charge is -2.28. The first-order chi connectivity index (χ1) is 40.7. The second-order valence-corrected chi connectivity index (χ2v) is 23.1. The van der Waals surface area contributed by atoms with Gasteiger partial charge in [0.1, 0.15) is 12.1 Å². The highest BCUT2D eigenvalue weighted by atomic mass is 32.2. The topological polar surface area (TPSA) is 510 Å². The van der Waals surface area contributed by atoms with Crippen LogP contribution in [0.15, 0.2) is 91.9 Å². The largest absolute Gasteiger partial charge is 0.480 e. The molecule has 0 saturated carbocycles. The zero-order valence-electron chi connectivity index (χ0n) is 44.7. The fraction of sp³-hybridized carbons (Fsp3) is 0.269. The third-order valence-electron chi connectivity index (χ3n) is 13.3. The van der Waals surface area contributed by atoms with E-state index in [1.54, 1.807) is 0 Å². The minimum atomic E-state index is -5.34. The predicted octanol–water partition coefficient (Wildman–Crippen LogP) is 2.48. The van der Waals surface area contributed by atoms with E-state index in [4.69, 9.17) is 26.1 Å². The minimum Gasteiger partial charge on any atom is -0.480 e. The van der Waals surface area contributed by atoms with Gasteiger partial charge in [-0.3, -0.25) is 48.3 Å². The molecule has 31 nitrogen and oxygen atoms in total. The van der Waals surface area contributed by atoms with Crippen LogP contribution in [0.25, 0.3) is 44.6 Å². The monoisotopic (exact) mass is 1240 g/mol. The average molecular weight is 1250 g/mol. The summed E-state index contributed by atoms with van der Waals surface area (Å²) in [5, 5.41) is 44.4. The van der Waals surface area contributed by atoms with Crippen molar-refractivity contribution in [2.75, 3.05) is 29.1 Å². The van der Waals surface area contributed by atoms with Gasteiger partial charge in [-0.1, -0.05) is 31.9 Å². The van der Waals surface area contributed by atoms with Crippen molar-refractivity contribution in [3.8, 4) is 22.5 Å². The first-order valence-electron chi connectivity index (χ1n) is 25.6. The molecule has 5 aromatic rings. The van der Waals surface area contributed by atoms with Crippen LogP contribution in [-0.2, 0) is 55.6 Å².